The van der Waals surface area contributed by atoms with E-state index in [2.05, 4.69) is 30.6 Å². The van der Waals surface area contributed by atoms with Crippen LogP contribution < -0.4 is 5.32 Å². The molecule has 1 aromatic rings. The van der Waals surface area contributed by atoms with Crippen molar-refractivity contribution in [2.45, 2.75) is 32.4 Å². The zero-order valence-corrected chi connectivity index (χ0v) is 8.97. The van der Waals surface area contributed by atoms with Crippen LogP contribution in [0, 0.1) is 0 Å². The first-order chi connectivity index (χ1) is 6.22. The molecule has 0 aliphatic rings. The van der Waals surface area contributed by atoms with Gasteiger partial charge < -0.3 is 10.4 Å². The number of hydrogen-bond acceptors (Lipinski definition) is 3. The van der Waals surface area contributed by atoms with Crippen LogP contribution >= 0.6 is 11.3 Å². The third kappa shape index (κ3) is 3.89. The lowest BCUT2D eigenvalue weighted by Gasteiger charge is -2.18. The van der Waals surface area contributed by atoms with Crippen LogP contribution in [0.4, 0.5) is 0 Å². The molecule has 0 aliphatic heterocycles. The van der Waals surface area contributed by atoms with Gasteiger partial charge in [0.25, 0.3) is 0 Å². The second-order valence-electron chi connectivity index (χ2n) is 3.48. The van der Waals surface area contributed by atoms with Gasteiger partial charge in [0.2, 0.25) is 0 Å². The van der Waals surface area contributed by atoms with Gasteiger partial charge in [-0.15, -0.1) is 11.3 Å². The van der Waals surface area contributed by atoms with Crippen molar-refractivity contribution >= 4 is 11.3 Å². The first-order valence-corrected chi connectivity index (χ1v) is 5.49. The first-order valence-electron chi connectivity index (χ1n) is 4.61. The molecule has 1 atom stereocenters. The zero-order valence-electron chi connectivity index (χ0n) is 8.16. The average Bonchev–Trinajstić information content (AvgIpc) is 2.55. The molecule has 2 N–H and O–H groups in total. The van der Waals surface area contributed by atoms with Crippen LogP contribution in [-0.4, -0.2) is 23.8 Å². The molecular weight excluding hydrogens is 182 g/mol. The van der Waals surface area contributed by atoms with E-state index in [1.807, 2.05) is 6.07 Å². The molecule has 0 bridgehead atoms. The fourth-order valence-electron chi connectivity index (χ4n) is 1.32. The predicted molar refractivity (Wildman–Crippen MR) is 57.2 cm³/mol. The van der Waals surface area contributed by atoms with Crippen molar-refractivity contribution in [3.8, 4) is 0 Å². The molecule has 0 spiro atoms. The van der Waals surface area contributed by atoms with Gasteiger partial charge >= 0.3 is 0 Å². The summed E-state index contributed by atoms with van der Waals surface area (Å²) in [6.45, 7) is 4.39. The molecule has 1 heterocycles. The van der Waals surface area contributed by atoms with Crippen LogP contribution in [0.15, 0.2) is 17.5 Å². The van der Waals surface area contributed by atoms with Gasteiger partial charge in [0, 0.05) is 17.0 Å². The monoisotopic (exact) mass is 199 g/mol. The molecule has 1 unspecified atom stereocenters. The summed E-state index contributed by atoms with van der Waals surface area (Å²) in [4.78, 5) is 1.33. The molecule has 1 rings (SSSR count). The number of thiophene rings is 1. The van der Waals surface area contributed by atoms with Crippen LogP contribution in [-0.2, 0) is 6.42 Å². The van der Waals surface area contributed by atoms with E-state index in [9.17, 15) is 0 Å². The highest BCUT2D eigenvalue weighted by Crippen LogP contribution is 2.11. The zero-order chi connectivity index (χ0) is 9.68. The molecule has 0 fully saturated rings. The summed E-state index contributed by atoms with van der Waals surface area (Å²) in [5.41, 5.74) is 0. The smallest absolute Gasteiger partial charge is 0.0588 e. The van der Waals surface area contributed by atoms with Crippen molar-refractivity contribution in [2.24, 2.45) is 0 Å². The van der Waals surface area contributed by atoms with Gasteiger partial charge in [0.1, 0.15) is 0 Å². The minimum atomic E-state index is 0.193. The molecule has 1 aromatic heterocycles. The Labute approximate surface area is 83.6 Å². The van der Waals surface area contributed by atoms with Crippen molar-refractivity contribution in [1.29, 1.82) is 0 Å². The highest BCUT2D eigenvalue weighted by Gasteiger charge is 2.09. The highest BCUT2D eigenvalue weighted by molar-refractivity contribution is 7.09. The molecule has 0 amide bonds. The van der Waals surface area contributed by atoms with Crippen molar-refractivity contribution in [3.63, 3.8) is 0 Å². The fourth-order valence-corrected chi connectivity index (χ4v) is 2.11. The Morgan fingerprint density at radius 2 is 2.31 bits per heavy atom. The van der Waals surface area contributed by atoms with Crippen molar-refractivity contribution in [3.05, 3.63) is 22.4 Å². The SMILES string of the molecule is CC(C)NC(CO)Cc1cccs1. The van der Waals surface area contributed by atoms with Crippen molar-refractivity contribution in [1.82, 2.24) is 5.32 Å². The van der Waals surface area contributed by atoms with Gasteiger partial charge in [0.15, 0.2) is 0 Å². The van der Waals surface area contributed by atoms with Crippen molar-refractivity contribution < 1.29 is 5.11 Å². The van der Waals surface area contributed by atoms with Gasteiger partial charge in [-0.1, -0.05) is 19.9 Å². The number of rotatable bonds is 5. The minimum Gasteiger partial charge on any atom is -0.395 e. The van der Waals surface area contributed by atoms with E-state index in [0.29, 0.717) is 6.04 Å². The molecule has 0 radical (unpaired) electrons. The van der Waals surface area contributed by atoms with Gasteiger partial charge in [-0.05, 0) is 17.9 Å². The van der Waals surface area contributed by atoms with Gasteiger partial charge in [0.05, 0.1) is 6.61 Å². The Balaban J connectivity index is 2.40. The van der Waals surface area contributed by atoms with E-state index in [1.54, 1.807) is 11.3 Å². The van der Waals surface area contributed by atoms with Gasteiger partial charge in [-0.25, -0.2) is 0 Å². The van der Waals surface area contributed by atoms with Gasteiger partial charge in [-0.2, -0.15) is 0 Å². The lowest BCUT2D eigenvalue weighted by atomic mass is 10.2. The molecule has 0 saturated carbocycles. The number of nitrogens with one attached hydrogen (secondary N) is 1. The molecule has 13 heavy (non-hydrogen) atoms. The normalized spacial score (nSPS) is 13.5. The van der Waals surface area contributed by atoms with E-state index < -0.39 is 0 Å². The van der Waals surface area contributed by atoms with Crippen LogP contribution in [0.3, 0.4) is 0 Å². The molecule has 0 saturated heterocycles. The maximum atomic E-state index is 9.12. The number of aliphatic hydroxyl groups excluding tert-OH is 1. The highest BCUT2D eigenvalue weighted by atomic mass is 32.1. The maximum absolute atomic E-state index is 9.12. The van der Waals surface area contributed by atoms with E-state index in [0.717, 1.165) is 6.42 Å². The van der Waals surface area contributed by atoms with E-state index in [1.165, 1.54) is 4.88 Å². The summed E-state index contributed by atoms with van der Waals surface area (Å²) in [5.74, 6) is 0. The molecule has 74 valence electrons. The van der Waals surface area contributed by atoms with Gasteiger partial charge in [-0.3, -0.25) is 0 Å². The molecule has 3 heteroatoms. The summed E-state index contributed by atoms with van der Waals surface area (Å²) >= 11 is 1.74. The van der Waals surface area contributed by atoms with E-state index in [4.69, 9.17) is 5.11 Å². The lowest BCUT2D eigenvalue weighted by Crippen LogP contribution is -2.38. The average molecular weight is 199 g/mol. The van der Waals surface area contributed by atoms with Crippen LogP contribution in [0.2, 0.25) is 0 Å². The Morgan fingerprint density at radius 1 is 1.54 bits per heavy atom. The third-order valence-corrected chi connectivity index (χ3v) is 2.72. The predicted octanol–water partition coefficient (Wildman–Crippen LogP) is 1.65. The molecular formula is C10H17NOS. The topological polar surface area (TPSA) is 32.3 Å². The van der Waals surface area contributed by atoms with E-state index >= 15 is 0 Å². The van der Waals surface area contributed by atoms with E-state index in [-0.39, 0.29) is 12.6 Å². The first kappa shape index (κ1) is 10.7. The second kappa shape index (κ2) is 5.37. The molecule has 0 aliphatic carbocycles. The second-order valence-corrected chi connectivity index (χ2v) is 4.52. The Morgan fingerprint density at radius 3 is 2.77 bits per heavy atom. The van der Waals surface area contributed by atoms with Crippen molar-refractivity contribution in [2.75, 3.05) is 6.61 Å². The maximum Gasteiger partial charge on any atom is 0.0588 e. The summed E-state index contributed by atoms with van der Waals surface area (Å²) < 4.78 is 0. The number of hydrogen-bond donors (Lipinski definition) is 2. The Kier molecular flexibility index (Phi) is 4.42. The van der Waals surface area contributed by atoms with Crippen LogP contribution in [0.25, 0.3) is 0 Å². The quantitative estimate of drug-likeness (QED) is 0.756. The fraction of sp³-hybridized carbons (Fsp3) is 0.600. The molecule has 2 nitrogen and oxygen atoms in total. The third-order valence-electron chi connectivity index (χ3n) is 1.82. The Bertz CT molecular complexity index is 221. The van der Waals surface area contributed by atoms with Crippen LogP contribution in [0.5, 0.6) is 0 Å². The number of aliphatic hydroxyl groups is 1. The molecule has 0 aromatic carbocycles. The largest absolute Gasteiger partial charge is 0.395 e. The standard InChI is InChI=1S/C10H17NOS/c1-8(2)11-9(7-12)6-10-4-3-5-13-10/h3-5,8-9,11-12H,6-7H2,1-2H3. The minimum absolute atomic E-state index is 0.193. The summed E-state index contributed by atoms with van der Waals surface area (Å²) in [7, 11) is 0. The van der Waals surface area contributed by atoms with Crippen LogP contribution in [0.1, 0.15) is 18.7 Å². The Hall–Kier alpha value is -0.380. The summed E-state index contributed by atoms with van der Waals surface area (Å²) in [5, 5.41) is 14.5. The summed E-state index contributed by atoms with van der Waals surface area (Å²) in [6.07, 6.45) is 0.923. The summed E-state index contributed by atoms with van der Waals surface area (Å²) in [6, 6.07) is 4.77. The lowest BCUT2D eigenvalue weighted by molar-refractivity contribution is 0.235.